The number of aliphatic hydroxyl groups excluding tert-OH is 1. The van der Waals surface area contributed by atoms with Crippen molar-refractivity contribution in [1.29, 1.82) is 0 Å². The van der Waals surface area contributed by atoms with Crippen molar-refractivity contribution in [2.75, 3.05) is 19.7 Å². The number of rotatable bonds is 3. The normalized spacial score (nSPS) is 31.9. The summed E-state index contributed by atoms with van der Waals surface area (Å²) in [4.78, 5) is 2.78. The highest BCUT2D eigenvalue weighted by Gasteiger charge is 2.35. The van der Waals surface area contributed by atoms with Crippen LogP contribution in [-0.2, 0) is 0 Å². The van der Waals surface area contributed by atoms with E-state index in [1.165, 1.54) is 0 Å². The van der Waals surface area contributed by atoms with Crippen LogP contribution >= 0.6 is 12.2 Å². The average Bonchev–Trinajstić information content (AvgIpc) is 2.47. The van der Waals surface area contributed by atoms with Crippen molar-refractivity contribution in [1.82, 2.24) is 4.90 Å². The monoisotopic (exact) mass is 202 g/mol. The van der Waals surface area contributed by atoms with E-state index < -0.39 is 0 Å². The van der Waals surface area contributed by atoms with Crippen molar-refractivity contribution in [3.8, 4) is 0 Å². The van der Waals surface area contributed by atoms with Gasteiger partial charge in [-0.3, -0.25) is 4.90 Å². The SMILES string of the molecule is CC(C(N)=S)N1CCC(C)(CO)C1. The van der Waals surface area contributed by atoms with Crippen LogP contribution in [0.2, 0.25) is 0 Å². The number of aliphatic hydroxyl groups is 1. The molecule has 1 aliphatic rings. The van der Waals surface area contributed by atoms with E-state index in [1.54, 1.807) is 0 Å². The third kappa shape index (κ3) is 2.39. The van der Waals surface area contributed by atoms with Gasteiger partial charge in [0.2, 0.25) is 0 Å². The van der Waals surface area contributed by atoms with E-state index >= 15 is 0 Å². The van der Waals surface area contributed by atoms with Crippen LogP contribution < -0.4 is 5.73 Å². The lowest BCUT2D eigenvalue weighted by molar-refractivity contribution is 0.143. The highest BCUT2D eigenvalue weighted by atomic mass is 32.1. The molecule has 0 bridgehead atoms. The Labute approximate surface area is 84.9 Å². The molecule has 0 aromatic rings. The molecule has 3 nitrogen and oxygen atoms in total. The molecule has 2 unspecified atom stereocenters. The lowest BCUT2D eigenvalue weighted by Crippen LogP contribution is -2.41. The predicted octanol–water partition coefficient (Wildman–Crippen LogP) is 0.365. The van der Waals surface area contributed by atoms with E-state index in [0.29, 0.717) is 4.99 Å². The maximum Gasteiger partial charge on any atom is 0.0899 e. The topological polar surface area (TPSA) is 49.5 Å². The first kappa shape index (κ1) is 10.9. The number of thiocarbonyl (C=S) groups is 1. The number of hydrogen-bond acceptors (Lipinski definition) is 3. The van der Waals surface area contributed by atoms with Gasteiger partial charge in [-0.25, -0.2) is 0 Å². The van der Waals surface area contributed by atoms with Gasteiger partial charge in [-0.15, -0.1) is 0 Å². The highest BCUT2D eigenvalue weighted by molar-refractivity contribution is 7.80. The summed E-state index contributed by atoms with van der Waals surface area (Å²) in [5, 5.41) is 9.17. The zero-order valence-corrected chi connectivity index (χ0v) is 9.10. The van der Waals surface area contributed by atoms with E-state index in [2.05, 4.69) is 11.8 Å². The quantitative estimate of drug-likeness (QED) is 0.649. The minimum Gasteiger partial charge on any atom is -0.396 e. The third-order valence-electron chi connectivity index (χ3n) is 2.93. The summed E-state index contributed by atoms with van der Waals surface area (Å²) in [6.45, 7) is 6.23. The minimum absolute atomic E-state index is 0.0407. The molecule has 0 radical (unpaired) electrons. The number of nitrogens with two attached hydrogens (primary N) is 1. The Bertz CT molecular complexity index is 210. The van der Waals surface area contributed by atoms with Crippen LogP contribution in [0.3, 0.4) is 0 Å². The second-order valence-corrected chi connectivity index (χ2v) is 4.74. The predicted molar refractivity (Wildman–Crippen MR) is 57.6 cm³/mol. The zero-order valence-electron chi connectivity index (χ0n) is 8.29. The molecule has 1 aliphatic heterocycles. The molecular formula is C9H18N2OS. The molecule has 0 spiro atoms. The van der Waals surface area contributed by atoms with Gasteiger partial charge in [-0.1, -0.05) is 19.1 Å². The number of nitrogens with zero attached hydrogens (tertiary/aromatic N) is 1. The van der Waals surface area contributed by atoms with Gasteiger partial charge in [0.05, 0.1) is 11.0 Å². The van der Waals surface area contributed by atoms with Crippen LogP contribution in [0.25, 0.3) is 0 Å². The molecule has 0 aliphatic carbocycles. The second kappa shape index (κ2) is 3.90. The van der Waals surface area contributed by atoms with Crippen LogP contribution in [0.4, 0.5) is 0 Å². The summed E-state index contributed by atoms with van der Waals surface area (Å²) in [5.41, 5.74) is 5.61. The first-order chi connectivity index (χ1) is 5.98. The Morgan fingerprint density at radius 1 is 1.77 bits per heavy atom. The molecule has 76 valence electrons. The molecule has 0 amide bonds. The lowest BCUT2D eigenvalue weighted by Gasteiger charge is -2.26. The average molecular weight is 202 g/mol. The molecule has 1 saturated heterocycles. The summed E-state index contributed by atoms with van der Waals surface area (Å²) in [6.07, 6.45) is 1.02. The van der Waals surface area contributed by atoms with Gasteiger partial charge >= 0.3 is 0 Å². The Kier molecular flexibility index (Phi) is 3.27. The number of hydrogen-bond donors (Lipinski definition) is 2. The largest absolute Gasteiger partial charge is 0.396 e. The van der Waals surface area contributed by atoms with Crippen molar-refractivity contribution in [2.24, 2.45) is 11.1 Å². The maximum atomic E-state index is 9.17. The Morgan fingerprint density at radius 2 is 2.38 bits per heavy atom. The fraction of sp³-hybridized carbons (Fsp3) is 0.889. The molecule has 1 heterocycles. The lowest BCUT2D eigenvalue weighted by atomic mass is 9.91. The van der Waals surface area contributed by atoms with E-state index in [9.17, 15) is 5.11 Å². The van der Waals surface area contributed by atoms with Gasteiger partial charge in [0.1, 0.15) is 0 Å². The first-order valence-corrected chi connectivity index (χ1v) is 5.03. The van der Waals surface area contributed by atoms with E-state index in [4.69, 9.17) is 18.0 Å². The number of likely N-dealkylation sites (tertiary alicyclic amines) is 1. The molecule has 0 aromatic carbocycles. The van der Waals surface area contributed by atoms with Crippen molar-refractivity contribution in [3.63, 3.8) is 0 Å². The molecule has 2 atom stereocenters. The molecule has 1 fully saturated rings. The van der Waals surface area contributed by atoms with Crippen LogP contribution in [0, 0.1) is 5.41 Å². The molecule has 0 aromatic heterocycles. The third-order valence-corrected chi connectivity index (χ3v) is 3.27. The summed E-state index contributed by atoms with van der Waals surface area (Å²) in [7, 11) is 0. The molecule has 4 heteroatoms. The second-order valence-electron chi connectivity index (χ2n) is 4.27. The Morgan fingerprint density at radius 3 is 2.77 bits per heavy atom. The fourth-order valence-electron chi connectivity index (χ4n) is 1.70. The minimum atomic E-state index is 0.0407. The van der Waals surface area contributed by atoms with Crippen molar-refractivity contribution in [3.05, 3.63) is 0 Å². The summed E-state index contributed by atoms with van der Waals surface area (Å²) in [5.74, 6) is 0. The maximum absolute atomic E-state index is 9.17. The molecule has 1 rings (SSSR count). The summed E-state index contributed by atoms with van der Waals surface area (Å²) in [6, 6.07) is 0.156. The van der Waals surface area contributed by atoms with Crippen molar-refractivity contribution >= 4 is 17.2 Å². The van der Waals surface area contributed by atoms with E-state index in [1.807, 2.05) is 6.92 Å². The van der Waals surface area contributed by atoms with Crippen LogP contribution in [0.1, 0.15) is 20.3 Å². The summed E-state index contributed by atoms with van der Waals surface area (Å²) < 4.78 is 0. The first-order valence-electron chi connectivity index (χ1n) is 4.63. The van der Waals surface area contributed by atoms with Gasteiger partial charge in [0.15, 0.2) is 0 Å². The standard InChI is InChI=1S/C9H18N2OS/c1-7(8(10)13)11-4-3-9(2,5-11)6-12/h7,12H,3-6H2,1-2H3,(H2,10,13). The van der Waals surface area contributed by atoms with Gasteiger partial charge in [0, 0.05) is 18.6 Å². The van der Waals surface area contributed by atoms with Gasteiger partial charge in [-0.05, 0) is 19.9 Å². The van der Waals surface area contributed by atoms with Crippen molar-refractivity contribution in [2.45, 2.75) is 26.3 Å². The van der Waals surface area contributed by atoms with Gasteiger partial charge < -0.3 is 10.8 Å². The molecule has 0 saturated carbocycles. The van der Waals surface area contributed by atoms with E-state index in [-0.39, 0.29) is 18.1 Å². The Hall–Kier alpha value is -0.190. The van der Waals surface area contributed by atoms with Crippen LogP contribution in [0.15, 0.2) is 0 Å². The Balaban J connectivity index is 2.54. The van der Waals surface area contributed by atoms with Crippen LogP contribution in [0.5, 0.6) is 0 Å². The highest BCUT2D eigenvalue weighted by Crippen LogP contribution is 2.30. The van der Waals surface area contributed by atoms with Gasteiger partial charge in [0.25, 0.3) is 0 Å². The molecule has 13 heavy (non-hydrogen) atoms. The molecule has 3 N–H and O–H groups in total. The van der Waals surface area contributed by atoms with Gasteiger partial charge in [-0.2, -0.15) is 0 Å². The zero-order chi connectivity index (χ0) is 10.1. The van der Waals surface area contributed by atoms with Crippen LogP contribution in [-0.4, -0.2) is 40.7 Å². The smallest absolute Gasteiger partial charge is 0.0899 e. The summed E-state index contributed by atoms with van der Waals surface area (Å²) >= 11 is 4.94. The van der Waals surface area contributed by atoms with Crippen molar-refractivity contribution < 1.29 is 5.11 Å². The molecular weight excluding hydrogens is 184 g/mol. The van der Waals surface area contributed by atoms with E-state index in [0.717, 1.165) is 19.5 Å². The fourth-order valence-corrected chi connectivity index (χ4v) is 1.85.